The minimum Gasteiger partial charge on any atom is -0.469 e. The first-order valence-electron chi connectivity index (χ1n) is 6.72. The molecule has 2 aliphatic rings. The van der Waals surface area contributed by atoms with Gasteiger partial charge in [-0.15, -0.1) is 0 Å². The van der Waals surface area contributed by atoms with Crippen LogP contribution in [0.15, 0.2) is 24.3 Å². The molecular formula is C15H22O2. The Morgan fingerprint density at radius 1 is 0.941 bits per heavy atom. The van der Waals surface area contributed by atoms with E-state index in [1.165, 1.54) is 7.11 Å². The standard InChI is InChI=1S/C15H22O2/c1-17-15(16)14-12-10-8-6-4-2-3-5-7-9-11-13(12)14/h4-7,12-14H,2-3,8-11H2,1H3/b6-4+,7-5+. The van der Waals surface area contributed by atoms with E-state index in [-0.39, 0.29) is 11.9 Å². The smallest absolute Gasteiger partial charge is 0.309 e. The van der Waals surface area contributed by atoms with E-state index < -0.39 is 0 Å². The van der Waals surface area contributed by atoms with Crippen LogP contribution in [0.4, 0.5) is 0 Å². The summed E-state index contributed by atoms with van der Waals surface area (Å²) in [5, 5.41) is 0. The first-order chi connectivity index (χ1) is 8.34. The molecule has 0 heterocycles. The number of allylic oxidation sites excluding steroid dienone is 4. The van der Waals surface area contributed by atoms with Crippen LogP contribution in [0.25, 0.3) is 0 Å². The molecule has 0 saturated heterocycles. The molecule has 0 radical (unpaired) electrons. The van der Waals surface area contributed by atoms with Crippen molar-refractivity contribution in [2.75, 3.05) is 7.11 Å². The molecule has 1 saturated carbocycles. The average Bonchev–Trinajstić information content (AvgIpc) is 3.01. The van der Waals surface area contributed by atoms with Crippen LogP contribution in [0.5, 0.6) is 0 Å². The molecule has 0 aromatic carbocycles. The summed E-state index contributed by atoms with van der Waals surface area (Å²) in [4.78, 5) is 11.6. The molecule has 2 atom stereocenters. The van der Waals surface area contributed by atoms with Gasteiger partial charge in [0.1, 0.15) is 0 Å². The maximum absolute atomic E-state index is 11.6. The maximum Gasteiger partial charge on any atom is 0.309 e. The lowest BCUT2D eigenvalue weighted by Crippen LogP contribution is -2.05. The van der Waals surface area contributed by atoms with Crippen molar-refractivity contribution in [3.05, 3.63) is 24.3 Å². The van der Waals surface area contributed by atoms with Gasteiger partial charge in [0.15, 0.2) is 0 Å². The molecule has 0 bridgehead atoms. The third-order valence-electron chi connectivity index (χ3n) is 3.97. The van der Waals surface area contributed by atoms with E-state index in [1.807, 2.05) is 0 Å². The number of fused-ring (bicyclic) bond motifs is 1. The summed E-state index contributed by atoms with van der Waals surface area (Å²) in [6.45, 7) is 0. The van der Waals surface area contributed by atoms with E-state index >= 15 is 0 Å². The molecule has 0 aromatic heterocycles. The summed E-state index contributed by atoms with van der Waals surface area (Å²) in [7, 11) is 1.50. The molecule has 2 nitrogen and oxygen atoms in total. The first kappa shape index (κ1) is 12.4. The fraction of sp³-hybridized carbons (Fsp3) is 0.667. The van der Waals surface area contributed by atoms with E-state index in [0.29, 0.717) is 11.8 Å². The van der Waals surface area contributed by atoms with Crippen molar-refractivity contribution in [3.63, 3.8) is 0 Å². The summed E-state index contributed by atoms with van der Waals surface area (Å²) < 4.78 is 4.88. The summed E-state index contributed by atoms with van der Waals surface area (Å²) in [6.07, 6.45) is 15.8. The number of hydrogen-bond donors (Lipinski definition) is 0. The molecule has 1 fully saturated rings. The molecule has 2 rings (SSSR count). The number of rotatable bonds is 1. The second-order valence-corrected chi connectivity index (χ2v) is 5.05. The topological polar surface area (TPSA) is 26.3 Å². The van der Waals surface area contributed by atoms with Crippen LogP contribution < -0.4 is 0 Å². The number of carbonyl (C=O) groups is 1. The van der Waals surface area contributed by atoms with Crippen molar-refractivity contribution in [2.45, 2.75) is 38.5 Å². The molecule has 2 aliphatic carbocycles. The Morgan fingerprint density at radius 3 is 1.88 bits per heavy atom. The molecule has 0 aliphatic heterocycles. The van der Waals surface area contributed by atoms with E-state index in [4.69, 9.17) is 4.74 Å². The van der Waals surface area contributed by atoms with E-state index in [2.05, 4.69) is 24.3 Å². The highest BCUT2D eigenvalue weighted by Gasteiger charge is 2.53. The van der Waals surface area contributed by atoms with Crippen LogP contribution in [0.1, 0.15) is 38.5 Å². The first-order valence-corrected chi connectivity index (χ1v) is 6.72. The molecule has 0 aromatic rings. The molecular weight excluding hydrogens is 212 g/mol. The second kappa shape index (κ2) is 6.04. The van der Waals surface area contributed by atoms with Gasteiger partial charge in [0.25, 0.3) is 0 Å². The monoisotopic (exact) mass is 234 g/mol. The van der Waals surface area contributed by atoms with Crippen LogP contribution in [0.3, 0.4) is 0 Å². The maximum atomic E-state index is 11.6. The quantitative estimate of drug-likeness (QED) is 0.513. The summed E-state index contributed by atoms with van der Waals surface area (Å²) in [6, 6.07) is 0. The summed E-state index contributed by atoms with van der Waals surface area (Å²) >= 11 is 0. The van der Waals surface area contributed by atoms with Gasteiger partial charge in [-0.3, -0.25) is 4.79 Å². The fourth-order valence-electron chi connectivity index (χ4n) is 2.96. The molecule has 2 heteroatoms. The van der Waals surface area contributed by atoms with Gasteiger partial charge in [-0.1, -0.05) is 24.3 Å². The molecule has 94 valence electrons. The Bertz CT molecular complexity index is 293. The van der Waals surface area contributed by atoms with Gasteiger partial charge in [0.05, 0.1) is 13.0 Å². The predicted octanol–water partition coefficient (Wildman–Crippen LogP) is 3.49. The summed E-state index contributed by atoms with van der Waals surface area (Å²) in [5.74, 6) is 1.32. The van der Waals surface area contributed by atoms with E-state index in [1.54, 1.807) is 0 Å². The van der Waals surface area contributed by atoms with Crippen molar-refractivity contribution in [2.24, 2.45) is 17.8 Å². The van der Waals surface area contributed by atoms with Crippen LogP contribution in [-0.2, 0) is 9.53 Å². The number of methoxy groups -OCH3 is 1. The van der Waals surface area contributed by atoms with Crippen molar-refractivity contribution in [1.29, 1.82) is 0 Å². The van der Waals surface area contributed by atoms with Crippen molar-refractivity contribution in [3.8, 4) is 0 Å². The van der Waals surface area contributed by atoms with Gasteiger partial charge in [0, 0.05) is 0 Å². The molecule has 17 heavy (non-hydrogen) atoms. The van der Waals surface area contributed by atoms with Gasteiger partial charge in [0.2, 0.25) is 0 Å². The number of hydrogen-bond acceptors (Lipinski definition) is 2. The van der Waals surface area contributed by atoms with Crippen LogP contribution in [0, 0.1) is 17.8 Å². The average molecular weight is 234 g/mol. The zero-order valence-electron chi connectivity index (χ0n) is 10.6. The highest BCUT2D eigenvalue weighted by molar-refractivity contribution is 5.76. The Kier molecular flexibility index (Phi) is 4.41. The lowest BCUT2D eigenvalue weighted by atomic mass is 10.1. The Labute approximate surface area is 104 Å². The molecule has 0 spiro atoms. The van der Waals surface area contributed by atoms with Gasteiger partial charge < -0.3 is 4.74 Å². The second-order valence-electron chi connectivity index (χ2n) is 5.05. The van der Waals surface area contributed by atoms with Gasteiger partial charge in [-0.05, 0) is 50.4 Å². The summed E-state index contributed by atoms with van der Waals surface area (Å²) in [5.41, 5.74) is 0. The van der Waals surface area contributed by atoms with Gasteiger partial charge >= 0.3 is 5.97 Å². The van der Waals surface area contributed by atoms with Crippen molar-refractivity contribution < 1.29 is 9.53 Å². The minimum absolute atomic E-state index is 0.00262. The van der Waals surface area contributed by atoms with Crippen molar-refractivity contribution >= 4 is 5.97 Å². The zero-order valence-corrected chi connectivity index (χ0v) is 10.6. The Balaban J connectivity index is 1.93. The highest BCUT2D eigenvalue weighted by atomic mass is 16.5. The fourth-order valence-corrected chi connectivity index (χ4v) is 2.96. The van der Waals surface area contributed by atoms with Crippen LogP contribution in [-0.4, -0.2) is 13.1 Å². The highest BCUT2D eigenvalue weighted by Crippen LogP contribution is 2.52. The Morgan fingerprint density at radius 2 is 1.41 bits per heavy atom. The molecule has 2 unspecified atom stereocenters. The minimum atomic E-state index is 0.00262. The van der Waals surface area contributed by atoms with Gasteiger partial charge in [-0.2, -0.15) is 0 Å². The normalized spacial score (nSPS) is 36.9. The van der Waals surface area contributed by atoms with Crippen LogP contribution in [0.2, 0.25) is 0 Å². The van der Waals surface area contributed by atoms with Crippen molar-refractivity contribution in [1.82, 2.24) is 0 Å². The third-order valence-corrected chi connectivity index (χ3v) is 3.97. The molecule has 0 N–H and O–H groups in total. The molecule has 0 amide bonds. The lowest BCUT2D eigenvalue weighted by molar-refractivity contribution is -0.142. The Hall–Kier alpha value is -1.05. The largest absolute Gasteiger partial charge is 0.469 e. The van der Waals surface area contributed by atoms with Gasteiger partial charge in [-0.25, -0.2) is 0 Å². The van der Waals surface area contributed by atoms with E-state index in [0.717, 1.165) is 38.5 Å². The zero-order chi connectivity index (χ0) is 12.1. The number of carbonyl (C=O) groups excluding carboxylic acids is 1. The van der Waals surface area contributed by atoms with E-state index in [9.17, 15) is 4.79 Å². The predicted molar refractivity (Wildman–Crippen MR) is 68.5 cm³/mol. The number of esters is 1. The number of ether oxygens (including phenoxy) is 1. The lowest BCUT2D eigenvalue weighted by Gasteiger charge is -1.97. The third kappa shape index (κ3) is 3.21. The van der Waals surface area contributed by atoms with Crippen LogP contribution >= 0.6 is 0 Å². The SMILES string of the molecule is COC(=O)C1C2CC/C=C/CC/C=C/CCC21.